The lowest BCUT2D eigenvalue weighted by Gasteiger charge is -2.27. The van der Waals surface area contributed by atoms with Gasteiger partial charge in [-0.3, -0.25) is 0 Å². The van der Waals surface area contributed by atoms with Crippen LogP contribution in [0.5, 0.6) is 0 Å². The molecule has 1 aromatic rings. The van der Waals surface area contributed by atoms with E-state index in [1.54, 1.807) is 0 Å². The summed E-state index contributed by atoms with van der Waals surface area (Å²) >= 11 is 0. The van der Waals surface area contributed by atoms with Crippen LogP contribution in [0.15, 0.2) is 18.2 Å². The van der Waals surface area contributed by atoms with Crippen LogP contribution in [-0.4, -0.2) is 12.7 Å². The van der Waals surface area contributed by atoms with Gasteiger partial charge in [-0.2, -0.15) is 0 Å². The van der Waals surface area contributed by atoms with Gasteiger partial charge in [0.15, 0.2) is 0 Å². The second kappa shape index (κ2) is 4.89. The number of benzene rings is 1. The van der Waals surface area contributed by atoms with E-state index < -0.39 is 17.7 Å². The SMILES string of the molecule is NC(COC1CCC1)c1ccc(F)cc1F. The minimum absolute atomic E-state index is 0.273. The molecule has 16 heavy (non-hydrogen) atoms. The van der Waals surface area contributed by atoms with Gasteiger partial charge >= 0.3 is 0 Å². The molecule has 0 heterocycles. The Morgan fingerprint density at radius 3 is 2.69 bits per heavy atom. The lowest BCUT2D eigenvalue weighted by Crippen LogP contribution is -2.27. The highest BCUT2D eigenvalue weighted by atomic mass is 19.1. The zero-order valence-electron chi connectivity index (χ0n) is 8.96. The summed E-state index contributed by atoms with van der Waals surface area (Å²) in [6.07, 6.45) is 3.57. The molecule has 1 unspecified atom stereocenters. The molecule has 1 fully saturated rings. The molecule has 2 rings (SSSR count). The highest BCUT2D eigenvalue weighted by molar-refractivity contribution is 5.21. The predicted molar refractivity (Wildman–Crippen MR) is 56.9 cm³/mol. The first-order valence-electron chi connectivity index (χ1n) is 5.49. The van der Waals surface area contributed by atoms with E-state index in [4.69, 9.17) is 10.5 Å². The molecule has 1 aliphatic rings. The minimum Gasteiger partial charge on any atom is -0.376 e. The third-order valence-corrected chi connectivity index (χ3v) is 2.93. The van der Waals surface area contributed by atoms with Crippen LogP contribution in [0.3, 0.4) is 0 Å². The lowest BCUT2D eigenvalue weighted by atomic mass is 9.96. The summed E-state index contributed by atoms with van der Waals surface area (Å²) in [4.78, 5) is 0. The van der Waals surface area contributed by atoms with Crippen molar-refractivity contribution >= 4 is 0 Å². The van der Waals surface area contributed by atoms with Crippen molar-refractivity contribution in [3.8, 4) is 0 Å². The normalized spacial score (nSPS) is 18.2. The fourth-order valence-electron chi connectivity index (χ4n) is 1.67. The second-order valence-corrected chi connectivity index (χ2v) is 4.16. The Kier molecular flexibility index (Phi) is 3.51. The Bertz CT molecular complexity index is 366. The number of halogens is 2. The van der Waals surface area contributed by atoms with Crippen LogP contribution in [0, 0.1) is 11.6 Å². The Labute approximate surface area is 93.4 Å². The molecule has 2 nitrogen and oxygen atoms in total. The molecule has 1 saturated carbocycles. The monoisotopic (exact) mass is 227 g/mol. The van der Waals surface area contributed by atoms with Crippen molar-refractivity contribution in [2.45, 2.75) is 31.4 Å². The summed E-state index contributed by atoms with van der Waals surface area (Å²) in [6.45, 7) is 0.285. The smallest absolute Gasteiger partial charge is 0.130 e. The summed E-state index contributed by atoms with van der Waals surface area (Å²) in [6, 6.07) is 2.90. The van der Waals surface area contributed by atoms with E-state index >= 15 is 0 Å². The lowest BCUT2D eigenvalue weighted by molar-refractivity contribution is -0.00479. The van der Waals surface area contributed by atoms with Gasteiger partial charge in [-0.15, -0.1) is 0 Å². The first-order chi connectivity index (χ1) is 7.66. The first kappa shape index (κ1) is 11.5. The van der Waals surface area contributed by atoms with Crippen molar-refractivity contribution in [1.82, 2.24) is 0 Å². The van der Waals surface area contributed by atoms with E-state index in [2.05, 4.69) is 0 Å². The summed E-state index contributed by atoms with van der Waals surface area (Å²) in [5.41, 5.74) is 6.09. The van der Waals surface area contributed by atoms with Crippen LogP contribution in [0.1, 0.15) is 30.9 Å². The van der Waals surface area contributed by atoms with Crippen LogP contribution in [0.2, 0.25) is 0 Å². The van der Waals surface area contributed by atoms with E-state index in [-0.39, 0.29) is 12.7 Å². The molecule has 0 radical (unpaired) electrons. The van der Waals surface area contributed by atoms with E-state index in [1.165, 1.54) is 18.6 Å². The van der Waals surface area contributed by atoms with E-state index in [0.29, 0.717) is 5.56 Å². The summed E-state index contributed by atoms with van der Waals surface area (Å²) < 4.78 is 31.5. The van der Waals surface area contributed by atoms with Crippen molar-refractivity contribution in [2.75, 3.05) is 6.61 Å². The molecule has 4 heteroatoms. The van der Waals surface area contributed by atoms with Gasteiger partial charge in [0.1, 0.15) is 11.6 Å². The van der Waals surface area contributed by atoms with Gasteiger partial charge in [0.25, 0.3) is 0 Å². The summed E-state index contributed by atoms with van der Waals surface area (Å²) in [5, 5.41) is 0. The predicted octanol–water partition coefficient (Wildman–Crippen LogP) is 2.53. The minimum atomic E-state index is -0.607. The van der Waals surface area contributed by atoms with Crippen molar-refractivity contribution in [3.63, 3.8) is 0 Å². The maximum Gasteiger partial charge on any atom is 0.130 e. The van der Waals surface area contributed by atoms with Gasteiger partial charge in [0.2, 0.25) is 0 Å². The van der Waals surface area contributed by atoms with Gasteiger partial charge in [-0.05, 0) is 25.3 Å². The zero-order chi connectivity index (χ0) is 11.5. The first-order valence-corrected chi connectivity index (χ1v) is 5.49. The largest absolute Gasteiger partial charge is 0.376 e. The van der Waals surface area contributed by atoms with Crippen LogP contribution < -0.4 is 5.73 Å². The third kappa shape index (κ3) is 2.57. The fraction of sp³-hybridized carbons (Fsp3) is 0.500. The Balaban J connectivity index is 1.93. The highest BCUT2D eigenvalue weighted by Crippen LogP contribution is 2.24. The molecule has 1 aliphatic carbocycles. The third-order valence-electron chi connectivity index (χ3n) is 2.93. The van der Waals surface area contributed by atoms with Crippen molar-refractivity contribution in [2.24, 2.45) is 5.73 Å². The maximum absolute atomic E-state index is 13.3. The summed E-state index contributed by atoms with van der Waals surface area (Å²) in [5.74, 6) is -1.20. The second-order valence-electron chi connectivity index (χ2n) is 4.16. The molecule has 88 valence electrons. The number of hydrogen-bond donors (Lipinski definition) is 1. The standard InChI is InChI=1S/C12H15F2NO/c13-8-4-5-10(11(14)6-8)12(15)7-16-9-2-1-3-9/h4-6,9,12H,1-3,7,15H2. The molecule has 2 N–H and O–H groups in total. The van der Waals surface area contributed by atoms with Crippen molar-refractivity contribution < 1.29 is 13.5 Å². The van der Waals surface area contributed by atoms with Crippen LogP contribution in [-0.2, 0) is 4.74 Å². The van der Waals surface area contributed by atoms with E-state index in [9.17, 15) is 8.78 Å². The van der Waals surface area contributed by atoms with Gasteiger partial charge in [-0.25, -0.2) is 8.78 Å². The van der Waals surface area contributed by atoms with Crippen molar-refractivity contribution in [3.05, 3.63) is 35.4 Å². The molecule has 0 aliphatic heterocycles. The molecule has 1 atom stereocenters. The topological polar surface area (TPSA) is 35.2 Å². The molecular formula is C12H15F2NO. The van der Waals surface area contributed by atoms with Crippen LogP contribution >= 0.6 is 0 Å². The number of nitrogens with two attached hydrogens (primary N) is 1. The molecule has 0 amide bonds. The Hall–Kier alpha value is -1.00. The number of rotatable bonds is 4. The van der Waals surface area contributed by atoms with Crippen LogP contribution in [0.25, 0.3) is 0 Å². The number of hydrogen-bond acceptors (Lipinski definition) is 2. The highest BCUT2D eigenvalue weighted by Gasteiger charge is 2.20. The molecule has 1 aromatic carbocycles. The zero-order valence-corrected chi connectivity index (χ0v) is 8.96. The van der Waals surface area contributed by atoms with E-state index in [1.807, 2.05) is 0 Å². The average Bonchev–Trinajstić information content (AvgIpc) is 2.14. The maximum atomic E-state index is 13.3. The molecule has 0 spiro atoms. The van der Waals surface area contributed by atoms with Gasteiger partial charge in [0.05, 0.1) is 18.8 Å². The summed E-state index contributed by atoms with van der Waals surface area (Å²) in [7, 11) is 0. The molecule has 0 saturated heterocycles. The van der Waals surface area contributed by atoms with Gasteiger partial charge in [0, 0.05) is 11.6 Å². The molecular weight excluding hydrogens is 212 g/mol. The average molecular weight is 227 g/mol. The molecule has 0 aromatic heterocycles. The van der Waals surface area contributed by atoms with Gasteiger partial charge < -0.3 is 10.5 Å². The molecule has 0 bridgehead atoms. The Morgan fingerprint density at radius 2 is 2.12 bits per heavy atom. The van der Waals surface area contributed by atoms with Crippen LogP contribution in [0.4, 0.5) is 8.78 Å². The number of ether oxygens (including phenoxy) is 1. The quantitative estimate of drug-likeness (QED) is 0.857. The fourth-order valence-corrected chi connectivity index (χ4v) is 1.67. The van der Waals surface area contributed by atoms with Gasteiger partial charge in [-0.1, -0.05) is 6.07 Å². The van der Waals surface area contributed by atoms with Crippen molar-refractivity contribution in [1.29, 1.82) is 0 Å². The Morgan fingerprint density at radius 1 is 1.38 bits per heavy atom. The van der Waals surface area contributed by atoms with E-state index in [0.717, 1.165) is 18.9 Å².